The average molecular weight is 282 g/mol. The fraction of sp³-hybridized carbons (Fsp3) is 0.533. The second-order valence-corrected chi connectivity index (χ2v) is 4.74. The van der Waals surface area contributed by atoms with E-state index in [9.17, 15) is 9.18 Å². The van der Waals surface area contributed by atoms with Crippen molar-refractivity contribution >= 4 is 5.91 Å². The highest BCUT2D eigenvalue weighted by Gasteiger charge is 2.20. The second-order valence-electron chi connectivity index (χ2n) is 4.74. The van der Waals surface area contributed by atoms with Gasteiger partial charge in [-0.3, -0.25) is 4.79 Å². The van der Waals surface area contributed by atoms with Crippen molar-refractivity contribution < 1.29 is 13.9 Å². The van der Waals surface area contributed by atoms with Gasteiger partial charge in [-0.15, -0.1) is 0 Å². The number of carbonyl (C=O) groups excluding carboxylic acids is 1. The van der Waals surface area contributed by atoms with Crippen LogP contribution in [0.1, 0.15) is 39.3 Å². The molecule has 112 valence electrons. The van der Waals surface area contributed by atoms with Crippen LogP contribution in [0.4, 0.5) is 4.39 Å². The molecule has 2 N–H and O–H groups in total. The molecule has 5 heteroatoms. The average Bonchev–Trinajstić information content (AvgIpc) is 2.39. The first-order valence-corrected chi connectivity index (χ1v) is 6.91. The third kappa shape index (κ3) is 3.93. The molecule has 0 bridgehead atoms. The quantitative estimate of drug-likeness (QED) is 0.872. The molecule has 20 heavy (non-hydrogen) atoms. The number of ether oxygens (including phenoxy) is 1. The Kier molecular flexibility index (Phi) is 5.95. The third-order valence-corrected chi connectivity index (χ3v) is 3.20. The smallest absolute Gasteiger partial charge is 0.263 e. The van der Waals surface area contributed by atoms with Gasteiger partial charge in [0.05, 0.1) is 0 Å². The van der Waals surface area contributed by atoms with Crippen LogP contribution in [0.25, 0.3) is 0 Å². The Labute approximate surface area is 119 Å². The summed E-state index contributed by atoms with van der Waals surface area (Å²) in [5.41, 5.74) is 6.08. The van der Waals surface area contributed by atoms with Crippen LogP contribution in [0.2, 0.25) is 0 Å². The van der Waals surface area contributed by atoms with Gasteiger partial charge in [-0.1, -0.05) is 6.07 Å². The Morgan fingerprint density at radius 1 is 1.35 bits per heavy atom. The normalized spacial score (nSPS) is 13.7. The second kappa shape index (κ2) is 7.24. The maximum absolute atomic E-state index is 13.8. The fourth-order valence-electron chi connectivity index (χ4n) is 2.00. The molecule has 1 rings (SSSR count). The molecule has 1 aromatic rings. The first-order valence-electron chi connectivity index (χ1n) is 6.91. The van der Waals surface area contributed by atoms with Crippen LogP contribution in [-0.4, -0.2) is 30.0 Å². The van der Waals surface area contributed by atoms with E-state index >= 15 is 0 Å². The summed E-state index contributed by atoms with van der Waals surface area (Å²) in [4.78, 5) is 13.7. The summed E-state index contributed by atoms with van der Waals surface area (Å²) in [7, 11) is 0. The molecule has 1 unspecified atom stereocenters. The molecule has 4 nitrogen and oxygen atoms in total. The van der Waals surface area contributed by atoms with Gasteiger partial charge in [-0.25, -0.2) is 4.39 Å². The van der Waals surface area contributed by atoms with Gasteiger partial charge in [0.2, 0.25) is 0 Å². The van der Waals surface area contributed by atoms with E-state index in [0.29, 0.717) is 24.4 Å². The number of benzene rings is 1. The third-order valence-electron chi connectivity index (χ3n) is 3.20. The SMILES string of the molecule is CCN(CC)C(=O)C(C)Oc1ccc([C@@H](C)N)c(F)c1. The maximum atomic E-state index is 13.8. The first kappa shape index (κ1) is 16.4. The minimum atomic E-state index is -0.643. The molecule has 0 radical (unpaired) electrons. The van der Waals surface area contributed by atoms with Crippen LogP contribution < -0.4 is 10.5 Å². The lowest BCUT2D eigenvalue weighted by Gasteiger charge is -2.23. The zero-order chi connectivity index (χ0) is 15.3. The van der Waals surface area contributed by atoms with E-state index in [-0.39, 0.29) is 11.9 Å². The lowest BCUT2D eigenvalue weighted by atomic mass is 10.1. The van der Waals surface area contributed by atoms with Crippen molar-refractivity contribution in [2.24, 2.45) is 5.73 Å². The van der Waals surface area contributed by atoms with Gasteiger partial charge in [0.25, 0.3) is 5.91 Å². The molecule has 0 aliphatic rings. The number of amides is 1. The van der Waals surface area contributed by atoms with Gasteiger partial charge in [0.15, 0.2) is 6.10 Å². The van der Waals surface area contributed by atoms with E-state index < -0.39 is 11.9 Å². The molecule has 1 aromatic carbocycles. The van der Waals surface area contributed by atoms with E-state index in [1.54, 1.807) is 30.9 Å². The number of hydrogen-bond acceptors (Lipinski definition) is 3. The summed E-state index contributed by atoms with van der Waals surface area (Å²) in [5, 5.41) is 0. The molecule has 0 heterocycles. The van der Waals surface area contributed by atoms with Crippen molar-refractivity contribution in [1.29, 1.82) is 0 Å². The summed E-state index contributed by atoms with van der Waals surface area (Å²) in [5.74, 6) is -0.188. The zero-order valence-corrected chi connectivity index (χ0v) is 12.5. The van der Waals surface area contributed by atoms with Crippen molar-refractivity contribution in [2.45, 2.75) is 39.8 Å². The summed E-state index contributed by atoms with van der Waals surface area (Å²) >= 11 is 0. The predicted molar refractivity (Wildman–Crippen MR) is 77.0 cm³/mol. The highest BCUT2D eigenvalue weighted by atomic mass is 19.1. The predicted octanol–water partition coefficient (Wildman–Crippen LogP) is 2.48. The van der Waals surface area contributed by atoms with Gasteiger partial charge in [0, 0.05) is 30.8 Å². The van der Waals surface area contributed by atoms with Crippen molar-refractivity contribution in [3.05, 3.63) is 29.6 Å². The van der Waals surface area contributed by atoms with Crippen LogP contribution in [0, 0.1) is 5.82 Å². The Morgan fingerprint density at radius 3 is 2.40 bits per heavy atom. The van der Waals surface area contributed by atoms with E-state index in [1.807, 2.05) is 13.8 Å². The molecule has 0 aromatic heterocycles. The number of nitrogens with two attached hydrogens (primary N) is 1. The van der Waals surface area contributed by atoms with Gasteiger partial charge in [-0.05, 0) is 33.8 Å². The fourth-order valence-corrected chi connectivity index (χ4v) is 2.00. The summed E-state index contributed by atoms with van der Waals surface area (Å²) in [6.07, 6.45) is -0.643. The van der Waals surface area contributed by atoms with Crippen molar-refractivity contribution in [3.63, 3.8) is 0 Å². The Hall–Kier alpha value is -1.62. The molecule has 0 spiro atoms. The molecule has 0 saturated heterocycles. The van der Waals surface area contributed by atoms with E-state index in [1.165, 1.54) is 6.07 Å². The molecular weight excluding hydrogens is 259 g/mol. The Balaban J connectivity index is 2.78. The number of rotatable bonds is 6. The number of hydrogen-bond donors (Lipinski definition) is 1. The highest BCUT2D eigenvalue weighted by molar-refractivity contribution is 5.80. The van der Waals surface area contributed by atoms with Crippen molar-refractivity contribution in [2.75, 3.05) is 13.1 Å². The highest BCUT2D eigenvalue weighted by Crippen LogP contribution is 2.21. The number of likely N-dealkylation sites (N-methyl/N-ethyl adjacent to an activating group) is 1. The first-order chi connectivity index (χ1) is 9.40. The minimum absolute atomic E-state index is 0.105. The number of carbonyl (C=O) groups is 1. The number of nitrogens with zero attached hydrogens (tertiary/aromatic N) is 1. The topological polar surface area (TPSA) is 55.6 Å². The van der Waals surface area contributed by atoms with Gasteiger partial charge >= 0.3 is 0 Å². The standard InChI is InChI=1S/C15H23FN2O2/c1-5-18(6-2)15(19)11(4)20-12-7-8-13(10(3)17)14(16)9-12/h7-11H,5-6,17H2,1-4H3/t10-,11?/m1/s1. The largest absolute Gasteiger partial charge is 0.481 e. The van der Waals surface area contributed by atoms with E-state index in [2.05, 4.69) is 0 Å². The maximum Gasteiger partial charge on any atom is 0.263 e. The van der Waals surface area contributed by atoms with Gasteiger partial charge in [-0.2, -0.15) is 0 Å². The van der Waals surface area contributed by atoms with Crippen LogP contribution in [0.15, 0.2) is 18.2 Å². The Morgan fingerprint density at radius 2 is 1.95 bits per heavy atom. The molecule has 0 saturated carbocycles. The zero-order valence-electron chi connectivity index (χ0n) is 12.5. The van der Waals surface area contributed by atoms with Crippen molar-refractivity contribution in [1.82, 2.24) is 4.90 Å². The molecular formula is C15H23FN2O2. The molecule has 2 atom stereocenters. The summed E-state index contributed by atoms with van der Waals surface area (Å²) in [6.45, 7) is 8.45. The van der Waals surface area contributed by atoms with Gasteiger partial charge in [0.1, 0.15) is 11.6 Å². The minimum Gasteiger partial charge on any atom is -0.481 e. The monoisotopic (exact) mass is 282 g/mol. The van der Waals surface area contributed by atoms with Crippen LogP contribution in [0.5, 0.6) is 5.75 Å². The molecule has 0 aliphatic heterocycles. The Bertz CT molecular complexity index is 459. The van der Waals surface area contributed by atoms with Crippen LogP contribution >= 0.6 is 0 Å². The van der Waals surface area contributed by atoms with Gasteiger partial charge < -0.3 is 15.4 Å². The van der Waals surface area contributed by atoms with Crippen LogP contribution in [-0.2, 0) is 4.79 Å². The summed E-state index contributed by atoms with van der Waals surface area (Å²) in [6, 6.07) is 4.11. The summed E-state index contributed by atoms with van der Waals surface area (Å²) < 4.78 is 19.3. The van der Waals surface area contributed by atoms with Crippen LogP contribution in [0.3, 0.4) is 0 Å². The number of halogens is 1. The molecule has 1 amide bonds. The lowest BCUT2D eigenvalue weighted by molar-refractivity contribution is -0.137. The van der Waals surface area contributed by atoms with Crippen molar-refractivity contribution in [3.8, 4) is 5.75 Å². The van der Waals surface area contributed by atoms with E-state index in [0.717, 1.165) is 0 Å². The molecule has 0 aliphatic carbocycles. The lowest BCUT2D eigenvalue weighted by Crippen LogP contribution is -2.40. The van der Waals surface area contributed by atoms with E-state index in [4.69, 9.17) is 10.5 Å². The molecule has 0 fully saturated rings.